The van der Waals surface area contributed by atoms with Gasteiger partial charge in [0.05, 0.1) is 18.2 Å². The van der Waals surface area contributed by atoms with Gasteiger partial charge in [0.1, 0.15) is 36.3 Å². The molecule has 20 nitrogen and oxygen atoms in total. The van der Waals surface area contributed by atoms with E-state index in [1.165, 1.54) is 90.6 Å². The molecule has 1 aliphatic heterocycles. The first-order valence-corrected chi connectivity index (χ1v) is 32.1. The van der Waals surface area contributed by atoms with Crippen molar-refractivity contribution < 1.29 is 57.8 Å². The van der Waals surface area contributed by atoms with Gasteiger partial charge in [-0.3, -0.25) is 52.7 Å². The summed E-state index contributed by atoms with van der Waals surface area (Å²) in [5.41, 5.74) is 0. The number of hydrogen-bond acceptors (Lipinski definition) is 12. The van der Waals surface area contributed by atoms with E-state index in [0.717, 1.165) is 12.8 Å². The molecule has 0 aliphatic carbocycles. The van der Waals surface area contributed by atoms with E-state index in [0.29, 0.717) is 6.42 Å². The van der Waals surface area contributed by atoms with Crippen molar-refractivity contribution in [3.05, 3.63) is 0 Å². The number of rotatable bonds is 16. The maximum absolute atomic E-state index is 15.2. The van der Waals surface area contributed by atoms with Crippen LogP contribution in [0.15, 0.2) is 0 Å². The number of carbonyl (C=O) groups excluding carboxylic acids is 11. The number of nitrogens with one attached hydrogen (secondary N) is 1. The Labute approximate surface area is 518 Å². The predicted octanol–water partition coefficient (Wildman–Crippen LogP) is 7.15. The van der Waals surface area contributed by atoms with Crippen LogP contribution in [-0.4, -0.2) is 208 Å². The Morgan fingerprint density at radius 1 is 0.442 bits per heavy atom. The summed E-state index contributed by atoms with van der Waals surface area (Å²) >= 11 is 0. The minimum Gasteiger partial charge on any atom is -0.390 e. The van der Waals surface area contributed by atoms with Crippen molar-refractivity contribution in [2.24, 2.45) is 59.2 Å². The highest BCUT2D eigenvalue weighted by atomic mass is 16.3. The normalized spacial score (nSPS) is 27.8. The number of hydrogen-bond donors (Lipinski definition) is 2. The van der Waals surface area contributed by atoms with Gasteiger partial charge < -0.3 is 44.7 Å². The van der Waals surface area contributed by atoms with Crippen LogP contribution in [-0.2, 0) is 52.7 Å². The smallest absolute Gasteiger partial charge is 0.246 e. The Kier molecular flexibility index (Phi) is 32.6. The standard InChI is InChI=1S/C66H118N8O12/c1-26-28-29-43(15)58(78)57-55(77)35-47(27-2)62(82)68(19)46(18)61(81)69(20)50(31-38(5)6)54(76)36-48(41(11)12)63(83)70(21)49(30-37(3)4)53(75)34-44(16)59(79)67-45(17)60(80)71(22)51(32-39(7)8)64(84)72(23)52(33-40(9)10)65(85)73(24)56(42(13)14)66(86)74(57)25/h37-52,56-58,78H,26-36H2,1-25H3,(H,67,79)/t43-,44+,45+,46-,47+,48-,49-,50+,51-,52-,56-,57+,58-/m1/s1. The number of aliphatic hydroxyl groups excluding tert-OH is 1. The van der Waals surface area contributed by atoms with E-state index in [1.807, 2.05) is 76.2 Å². The van der Waals surface area contributed by atoms with Crippen LogP contribution in [0.1, 0.15) is 195 Å². The van der Waals surface area contributed by atoms with Crippen molar-refractivity contribution in [1.29, 1.82) is 0 Å². The fourth-order valence-corrected chi connectivity index (χ4v) is 11.9. The number of amides is 8. The number of likely N-dealkylation sites (N-methyl/N-ethyl adjacent to an activating group) is 7. The van der Waals surface area contributed by atoms with Crippen LogP contribution in [0.3, 0.4) is 0 Å². The number of carbonyl (C=O) groups is 11. The quantitative estimate of drug-likeness (QED) is 0.157. The Morgan fingerprint density at radius 2 is 0.849 bits per heavy atom. The fraction of sp³-hybridized carbons (Fsp3) is 0.833. The molecule has 1 aliphatic rings. The van der Waals surface area contributed by atoms with Crippen molar-refractivity contribution >= 4 is 64.6 Å². The summed E-state index contributed by atoms with van der Waals surface area (Å²) in [6.07, 6.45) is 0.719. The van der Waals surface area contributed by atoms with Gasteiger partial charge in [0.15, 0.2) is 17.3 Å². The lowest BCUT2D eigenvalue weighted by Crippen LogP contribution is -2.61. The number of nitrogens with zero attached hydrogens (tertiary/aromatic N) is 7. The Hall–Kier alpha value is -5.27. The molecule has 494 valence electrons. The van der Waals surface area contributed by atoms with Crippen LogP contribution < -0.4 is 5.32 Å². The molecule has 20 heteroatoms. The molecule has 1 heterocycles. The monoisotopic (exact) mass is 1210 g/mol. The Morgan fingerprint density at radius 3 is 1.28 bits per heavy atom. The van der Waals surface area contributed by atoms with Gasteiger partial charge in [-0.05, 0) is 93.8 Å². The van der Waals surface area contributed by atoms with Gasteiger partial charge in [-0.2, -0.15) is 0 Å². The summed E-state index contributed by atoms with van der Waals surface area (Å²) < 4.78 is 0. The maximum Gasteiger partial charge on any atom is 0.246 e. The summed E-state index contributed by atoms with van der Waals surface area (Å²) in [7, 11) is 10.3. The molecule has 0 aromatic carbocycles. The first kappa shape index (κ1) is 78.7. The molecule has 1 saturated heterocycles. The van der Waals surface area contributed by atoms with Crippen LogP contribution in [0.5, 0.6) is 0 Å². The van der Waals surface area contributed by atoms with Gasteiger partial charge in [0.25, 0.3) is 0 Å². The van der Waals surface area contributed by atoms with E-state index in [-0.39, 0.29) is 86.1 Å². The summed E-state index contributed by atoms with van der Waals surface area (Å²) in [6.45, 7) is 32.5. The van der Waals surface area contributed by atoms with E-state index in [9.17, 15) is 43.5 Å². The van der Waals surface area contributed by atoms with Crippen LogP contribution >= 0.6 is 0 Å². The van der Waals surface area contributed by atoms with Gasteiger partial charge in [-0.1, -0.05) is 124 Å². The largest absolute Gasteiger partial charge is 0.390 e. The average Bonchev–Trinajstić information content (AvgIpc) is 2.82. The zero-order valence-corrected chi connectivity index (χ0v) is 57.8. The molecule has 1 fully saturated rings. The SMILES string of the molecule is CCCC[C@@H](C)[C@@H](O)[C@@H]1C(=O)C[C@H](CC)C(=O)N(C)[C@H](C)C(=O)N(C)[C@@H](CC(C)C)C(=O)C[C@H](C(C)C)C(=O)N(C)[C@H](CC(C)C)C(=O)C[C@H](C)C(=O)N[C@@H](C)C(=O)N(C)[C@H](CC(C)C)C(=O)N(C)[C@H](CC(C)C)C(=O)N(C)[C@H](C(C)C)C(=O)N1C. The molecule has 1 rings (SSSR count). The van der Waals surface area contributed by atoms with Gasteiger partial charge in [0, 0.05) is 86.3 Å². The molecule has 0 radical (unpaired) electrons. The van der Waals surface area contributed by atoms with Gasteiger partial charge in [-0.25, -0.2) is 0 Å². The van der Waals surface area contributed by atoms with Crippen molar-refractivity contribution in [2.45, 2.75) is 250 Å². The molecule has 13 atom stereocenters. The minimum absolute atomic E-state index is 0.0656. The van der Waals surface area contributed by atoms with Gasteiger partial charge in [0.2, 0.25) is 47.3 Å². The molecule has 0 aromatic rings. The summed E-state index contributed by atoms with van der Waals surface area (Å²) in [5, 5.41) is 15.0. The lowest BCUT2D eigenvalue weighted by Gasteiger charge is -2.41. The summed E-state index contributed by atoms with van der Waals surface area (Å²) in [5.74, 6) is -10.6. The minimum atomic E-state index is -1.46. The maximum atomic E-state index is 15.2. The Bertz CT molecular complexity index is 2300. The summed E-state index contributed by atoms with van der Waals surface area (Å²) in [6, 6.07) is -9.18. The lowest BCUT2D eigenvalue weighted by atomic mass is 9.84. The molecule has 0 aromatic heterocycles. The third kappa shape index (κ3) is 21.5. The lowest BCUT2D eigenvalue weighted by molar-refractivity contribution is -0.157. The second-order valence-electron chi connectivity index (χ2n) is 27.7. The van der Waals surface area contributed by atoms with Crippen molar-refractivity contribution in [3.63, 3.8) is 0 Å². The van der Waals surface area contributed by atoms with Crippen molar-refractivity contribution in [2.75, 3.05) is 49.3 Å². The first-order valence-electron chi connectivity index (χ1n) is 32.1. The van der Waals surface area contributed by atoms with Gasteiger partial charge in [-0.15, -0.1) is 0 Å². The topological polar surface area (TPSA) is 243 Å². The second kappa shape index (κ2) is 35.7. The van der Waals surface area contributed by atoms with Crippen LogP contribution in [0.2, 0.25) is 0 Å². The number of ketones is 3. The van der Waals surface area contributed by atoms with Crippen LogP contribution in [0, 0.1) is 59.2 Å². The highest BCUT2D eigenvalue weighted by Crippen LogP contribution is 2.30. The number of Topliss-reactive ketones (excluding diaryl/α,β-unsaturated/α-hetero) is 3. The molecule has 0 bridgehead atoms. The van der Waals surface area contributed by atoms with E-state index in [1.54, 1.807) is 41.5 Å². The fourth-order valence-electron chi connectivity index (χ4n) is 11.9. The van der Waals surface area contributed by atoms with E-state index in [4.69, 9.17) is 0 Å². The van der Waals surface area contributed by atoms with Crippen molar-refractivity contribution in [1.82, 2.24) is 39.6 Å². The molecule has 8 amide bonds. The predicted molar refractivity (Wildman–Crippen MR) is 337 cm³/mol. The third-order valence-corrected chi connectivity index (χ3v) is 17.8. The molecule has 0 spiro atoms. The van der Waals surface area contributed by atoms with Crippen LogP contribution in [0.25, 0.3) is 0 Å². The van der Waals surface area contributed by atoms with Crippen LogP contribution in [0.4, 0.5) is 0 Å². The van der Waals surface area contributed by atoms with E-state index < -0.39 is 143 Å². The van der Waals surface area contributed by atoms with Crippen molar-refractivity contribution in [3.8, 4) is 0 Å². The Balaban J connectivity index is 4.36. The molecule has 86 heavy (non-hydrogen) atoms. The molecule has 0 unspecified atom stereocenters. The zero-order valence-electron chi connectivity index (χ0n) is 57.8. The molecular weight excluding hydrogens is 1100 g/mol. The average molecular weight is 1220 g/mol. The highest BCUT2D eigenvalue weighted by molar-refractivity contribution is 6.00. The number of aliphatic hydroxyl groups is 1. The summed E-state index contributed by atoms with van der Waals surface area (Å²) in [4.78, 5) is 171. The van der Waals surface area contributed by atoms with E-state index in [2.05, 4.69) is 5.32 Å². The van der Waals surface area contributed by atoms with E-state index >= 15 is 14.4 Å². The first-order chi connectivity index (χ1) is 39.6. The second-order valence-corrected chi connectivity index (χ2v) is 27.7. The highest BCUT2D eigenvalue weighted by Gasteiger charge is 2.46. The molecule has 2 N–H and O–H groups in total. The third-order valence-electron chi connectivity index (χ3n) is 17.8. The molecule has 0 saturated carbocycles. The zero-order chi connectivity index (χ0) is 66.8. The molecular formula is C66H118N8O12. The van der Waals surface area contributed by atoms with Gasteiger partial charge >= 0.3 is 0 Å². The number of unbranched alkanes of at least 4 members (excludes halogenated alkanes) is 1.